The summed E-state index contributed by atoms with van der Waals surface area (Å²) in [5.41, 5.74) is 0.513. The molecular weight excluding hydrogens is 392 g/mol. The van der Waals surface area contributed by atoms with E-state index in [9.17, 15) is 22.0 Å². The minimum Gasteiger partial charge on any atom is -0.459 e. The van der Waals surface area contributed by atoms with Gasteiger partial charge in [-0.1, -0.05) is 18.2 Å². The second-order valence-corrected chi connectivity index (χ2v) is 7.69. The molecule has 0 fully saturated rings. The van der Waals surface area contributed by atoms with Crippen LogP contribution in [-0.2, 0) is 15.6 Å². The van der Waals surface area contributed by atoms with E-state index in [0.29, 0.717) is 5.69 Å². The number of alkyl halides is 2. The van der Waals surface area contributed by atoms with Gasteiger partial charge in [-0.05, 0) is 42.5 Å². The van der Waals surface area contributed by atoms with Crippen LogP contribution in [0.2, 0.25) is 0 Å². The molecule has 6 nitrogen and oxygen atoms in total. The van der Waals surface area contributed by atoms with Gasteiger partial charge < -0.3 is 14.5 Å². The van der Waals surface area contributed by atoms with Crippen molar-refractivity contribution in [1.29, 1.82) is 0 Å². The number of furan rings is 1. The van der Waals surface area contributed by atoms with Gasteiger partial charge in [-0.25, -0.2) is 8.42 Å². The minimum absolute atomic E-state index is 0.0550. The molecule has 0 atom stereocenters. The van der Waals surface area contributed by atoms with E-state index in [-0.39, 0.29) is 22.0 Å². The van der Waals surface area contributed by atoms with E-state index >= 15 is 0 Å². The number of hydrogen-bond acceptors (Lipinski definition) is 5. The van der Waals surface area contributed by atoms with Gasteiger partial charge in [0.25, 0.3) is 5.91 Å². The van der Waals surface area contributed by atoms with E-state index in [4.69, 9.17) is 4.42 Å². The third-order valence-corrected chi connectivity index (χ3v) is 5.42. The number of halogens is 2. The van der Waals surface area contributed by atoms with Gasteiger partial charge in [0.15, 0.2) is 15.6 Å². The van der Waals surface area contributed by atoms with E-state index in [1.54, 1.807) is 18.2 Å². The molecule has 3 aromatic rings. The van der Waals surface area contributed by atoms with Crippen LogP contribution in [0.15, 0.2) is 76.2 Å². The quantitative estimate of drug-likeness (QED) is 0.637. The third-order valence-electron chi connectivity index (χ3n) is 3.74. The number of carbonyl (C=O) groups is 1. The van der Waals surface area contributed by atoms with E-state index < -0.39 is 28.1 Å². The van der Waals surface area contributed by atoms with E-state index in [0.717, 1.165) is 0 Å². The summed E-state index contributed by atoms with van der Waals surface area (Å²) in [5.74, 6) is -1.27. The second kappa shape index (κ2) is 8.22. The highest BCUT2D eigenvalue weighted by Gasteiger charge is 2.22. The number of ether oxygens (including phenoxy) is 1. The Hall–Kier alpha value is -3.20. The molecule has 0 aliphatic carbocycles. The van der Waals surface area contributed by atoms with Gasteiger partial charge >= 0.3 is 6.61 Å². The molecule has 1 N–H and O–H groups in total. The molecule has 0 aliphatic rings. The number of nitrogens with one attached hydrogen (secondary N) is 1. The molecule has 0 radical (unpaired) electrons. The zero-order chi connectivity index (χ0) is 20.1. The minimum atomic E-state index is -3.66. The van der Waals surface area contributed by atoms with Gasteiger partial charge in [0.05, 0.1) is 16.9 Å². The molecule has 9 heteroatoms. The fourth-order valence-electron chi connectivity index (χ4n) is 2.47. The highest BCUT2D eigenvalue weighted by molar-refractivity contribution is 7.90. The lowest BCUT2D eigenvalue weighted by molar-refractivity contribution is -0.0498. The maximum Gasteiger partial charge on any atom is 0.387 e. The largest absolute Gasteiger partial charge is 0.459 e. The summed E-state index contributed by atoms with van der Waals surface area (Å²) in [6.45, 7) is -2.95. The van der Waals surface area contributed by atoms with Crippen LogP contribution in [0.3, 0.4) is 0 Å². The van der Waals surface area contributed by atoms with Gasteiger partial charge in [0.2, 0.25) is 0 Å². The third kappa shape index (κ3) is 4.74. The van der Waals surface area contributed by atoms with Crippen LogP contribution in [0.5, 0.6) is 5.75 Å². The Morgan fingerprint density at radius 3 is 2.36 bits per heavy atom. The number of amides is 1. The van der Waals surface area contributed by atoms with Crippen LogP contribution < -0.4 is 10.1 Å². The molecule has 0 unspecified atom stereocenters. The molecule has 0 spiro atoms. The molecule has 28 heavy (non-hydrogen) atoms. The van der Waals surface area contributed by atoms with E-state index in [1.165, 1.54) is 48.7 Å². The molecule has 0 bridgehead atoms. The Kier molecular flexibility index (Phi) is 5.74. The van der Waals surface area contributed by atoms with Crippen molar-refractivity contribution in [1.82, 2.24) is 0 Å². The fraction of sp³-hybridized carbons (Fsp3) is 0.105. The van der Waals surface area contributed by atoms with Crippen LogP contribution in [-0.4, -0.2) is 20.9 Å². The lowest BCUT2D eigenvalue weighted by Crippen LogP contribution is -2.14. The lowest BCUT2D eigenvalue weighted by Gasteiger charge is -2.08. The predicted molar refractivity (Wildman–Crippen MR) is 97.1 cm³/mol. The van der Waals surface area contributed by atoms with Gasteiger partial charge in [-0.2, -0.15) is 8.78 Å². The Bertz CT molecular complexity index is 1050. The first kappa shape index (κ1) is 19.6. The first-order valence-corrected chi connectivity index (χ1v) is 9.71. The summed E-state index contributed by atoms with van der Waals surface area (Å²) in [6.07, 6.45) is 1.23. The summed E-state index contributed by atoms with van der Waals surface area (Å²) >= 11 is 0. The Morgan fingerprint density at radius 2 is 1.71 bits per heavy atom. The van der Waals surface area contributed by atoms with Crippen LogP contribution in [0.25, 0.3) is 0 Å². The van der Waals surface area contributed by atoms with Crippen molar-refractivity contribution < 1.29 is 31.1 Å². The van der Waals surface area contributed by atoms with Gasteiger partial charge in [-0.15, -0.1) is 0 Å². The van der Waals surface area contributed by atoms with Crippen LogP contribution >= 0.6 is 0 Å². The highest BCUT2D eigenvalue weighted by Crippen LogP contribution is 2.22. The SMILES string of the molecule is O=C(Nc1ccc(OC(F)F)cc1)c1occc1CS(=O)(=O)c1ccccc1. The number of rotatable bonds is 7. The van der Waals surface area contributed by atoms with Crippen molar-refractivity contribution in [3.63, 3.8) is 0 Å². The highest BCUT2D eigenvalue weighted by atomic mass is 32.2. The van der Waals surface area contributed by atoms with Crippen molar-refractivity contribution in [2.75, 3.05) is 5.32 Å². The molecular formula is C19H15F2NO5S. The van der Waals surface area contributed by atoms with Gasteiger partial charge in [0, 0.05) is 11.3 Å². The number of anilines is 1. The molecule has 0 saturated carbocycles. The van der Waals surface area contributed by atoms with Crippen molar-refractivity contribution in [2.45, 2.75) is 17.3 Å². The maximum absolute atomic E-state index is 12.5. The monoisotopic (exact) mass is 407 g/mol. The molecule has 1 heterocycles. The Labute approximate surface area is 159 Å². The summed E-state index contributed by atoms with van der Waals surface area (Å²) < 4.78 is 58.7. The summed E-state index contributed by atoms with van der Waals surface area (Å²) in [6, 6.07) is 14.6. The number of carbonyl (C=O) groups excluding carboxylic acids is 1. The average molecular weight is 407 g/mol. The molecule has 0 aliphatic heterocycles. The van der Waals surface area contributed by atoms with Crippen molar-refractivity contribution in [3.8, 4) is 5.75 Å². The maximum atomic E-state index is 12.5. The average Bonchev–Trinajstić information content (AvgIpc) is 3.11. The van der Waals surface area contributed by atoms with Crippen LogP contribution in [0.1, 0.15) is 16.1 Å². The number of benzene rings is 2. The van der Waals surface area contributed by atoms with Gasteiger partial charge in [0.1, 0.15) is 5.75 Å². The summed E-state index contributed by atoms with van der Waals surface area (Å²) in [7, 11) is -3.66. The topological polar surface area (TPSA) is 85.6 Å². The van der Waals surface area contributed by atoms with Crippen LogP contribution in [0.4, 0.5) is 14.5 Å². The predicted octanol–water partition coefficient (Wildman–Crippen LogP) is 4.11. The molecule has 3 rings (SSSR count). The van der Waals surface area contributed by atoms with E-state index in [1.807, 2.05) is 0 Å². The molecule has 146 valence electrons. The smallest absolute Gasteiger partial charge is 0.387 e. The number of sulfone groups is 1. The lowest BCUT2D eigenvalue weighted by atomic mass is 10.2. The molecule has 1 amide bonds. The first-order valence-electron chi connectivity index (χ1n) is 8.05. The summed E-state index contributed by atoms with van der Waals surface area (Å²) in [4.78, 5) is 12.6. The molecule has 1 aromatic heterocycles. The normalized spacial score (nSPS) is 11.4. The van der Waals surface area contributed by atoms with Gasteiger partial charge in [-0.3, -0.25) is 4.79 Å². The van der Waals surface area contributed by atoms with Crippen LogP contribution in [0, 0.1) is 0 Å². The van der Waals surface area contributed by atoms with E-state index in [2.05, 4.69) is 10.1 Å². The number of hydrogen-bond donors (Lipinski definition) is 1. The fourth-order valence-corrected chi connectivity index (χ4v) is 3.85. The second-order valence-electron chi connectivity index (χ2n) is 5.70. The zero-order valence-corrected chi connectivity index (χ0v) is 15.2. The first-order chi connectivity index (χ1) is 13.3. The van der Waals surface area contributed by atoms with Crippen molar-refractivity contribution >= 4 is 21.4 Å². The Morgan fingerprint density at radius 1 is 1.04 bits per heavy atom. The van der Waals surface area contributed by atoms with Crippen molar-refractivity contribution in [3.05, 3.63) is 78.3 Å². The van der Waals surface area contributed by atoms with Crippen molar-refractivity contribution in [2.24, 2.45) is 0 Å². The zero-order valence-electron chi connectivity index (χ0n) is 14.3. The molecule has 0 saturated heterocycles. The molecule has 2 aromatic carbocycles. The summed E-state index contributed by atoms with van der Waals surface area (Å²) in [5, 5.41) is 2.52. The standard InChI is InChI=1S/C19H15F2NO5S/c20-19(21)27-15-8-6-14(7-9-15)22-18(23)17-13(10-11-26-17)12-28(24,25)16-4-2-1-3-5-16/h1-11,19H,12H2,(H,22,23). The Balaban J connectivity index is 1.73.